The van der Waals surface area contributed by atoms with Crippen LogP contribution in [0.1, 0.15) is 29.7 Å². The molecule has 2 atom stereocenters. The second kappa shape index (κ2) is 7.94. The Labute approximate surface area is 172 Å². The van der Waals surface area contributed by atoms with Crippen molar-refractivity contribution in [1.82, 2.24) is 0 Å². The monoisotopic (exact) mass is 377 g/mol. The molecule has 29 heavy (non-hydrogen) atoms. The second-order valence-corrected chi connectivity index (χ2v) is 7.41. The smallest absolute Gasteiger partial charge is 0.113 e. The van der Waals surface area contributed by atoms with Crippen LogP contribution < -0.4 is 5.06 Å². The van der Waals surface area contributed by atoms with E-state index in [1.54, 1.807) is 0 Å². The van der Waals surface area contributed by atoms with Gasteiger partial charge in [-0.1, -0.05) is 103 Å². The summed E-state index contributed by atoms with van der Waals surface area (Å²) in [5, 5.41) is 2.08. The van der Waals surface area contributed by atoms with Crippen molar-refractivity contribution in [2.24, 2.45) is 0 Å². The van der Waals surface area contributed by atoms with Gasteiger partial charge in [-0.05, 0) is 34.4 Å². The maximum Gasteiger partial charge on any atom is 0.113 e. The van der Waals surface area contributed by atoms with Crippen LogP contribution in [0, 0.1) is 0 Å². The van der Waals surface area contributed by atoms with Gasteiger partial charge in [0.25, 0.3) is 0 Å². The van der Waals surface area contributed by atoms with Crippen LogP contribution in [0.15, 0.2) is 115 Å². The molecule has 0 bridgehead atoms. The van der Waals surface area contributed by atoms with E-state index in [0.717, 1.165) is 12.1 Å². The second-order valence-electron chi connectivity index (χ2n) is 7.41. The van der Waals surface area contributed by atoms with E-state index in [0.29, 0.717) is 0 Å². The number of hydrogen-bond donors (Lipinski definition) is 0. The maximum atomic E-state index is 6.45. The highest BCUT2D eigenvalue weighted by molar-refractivity contribution is 5.63. The largest absolute Gasteiger partial charge is 0.265 e. The molecule has 1 fully saturated rings. The zero-order chi connectivity index (χ0) is 19.5. The quantitative estimate of drug-likeness (QED) is 0.380. The number of para-hydroxylation sites is 1. The van der Waals surface area contributed by atoms with E-state index in [9.17, 15) is 0 Å². The Morgan fingerprint density at radius 1 is 0.552 bits per heavy atom. The summed E-state index contributed by atoms with van der Waals surface area (Å²) in [6.07, 6.45) is 0.971. The summed E-state index contributed by atoms with van der Waals surface area (Å²) in [5.74, 6) is 0. The van der Waals surface area contributed by atoms with Gasteiger partial charge in [-0.2, -0.15) is 0 Å². The van der Waals surface area contributed by atoms with Gasteiger partial charge in [-0.25, -0.2) is 5.06 Å². The van der Waals surface area contributed by atoms with Crippen molar-refractivity contribution in [2.75, 3.05) is 5.06 Å². The minimum absolute atomic E-state index is 0.0511. The molecular formula is C27H23NO. The van der Waals surface area contributed by atoms with Gasteiger partial charge < -0.3 is 0 Å². The maximum absolute atomic E-state index is 6.45. The summed E-state index contributed by atoms with van der Waals surface area (Å²) < 4.78 is 0. The highest BCUT2D eigenvalue weighted by Crippen LogP contribution is 2.44. The lowest BCUT2D eigenvalue weighted by molar-refractivity contribution is 0.0836. The van der Waals surface area contributed by atoms with Crippen molar-refractivity contribution in [3.8, 4) is 11.1 Å². The molecule has 2 heteroatoms. The van der Waals surface area contributed by atoms with Crippen LogP contribution in [0.4, 0.5) is 5.69 Å². The number of benzene rings is 4. The minimum Gasteiger partial charge on any atom is -0.265 e. The molecular weight excluding hydrogens is 354 g/mol. The molecule has 4 aromatic rings. The van der Waals surface area contributed by atoms with Crippen LogP contribution in [0.5, 0.6) is 0 Å². The van der Waals surface area contributed by atoms with E-state index in [4.69, 9.17) is 4.84 Å². The zero-order valence-corrected chi connectivity index (χ0v) is 16.2. The van der Waals surface area contributed by atoms with E-state index in [-0.39, 0.29) is 12.1 Å². The molecule has 1 aliphatic heterocycles. The standard InChI is InChI=1S/C27H23NO/c1-4-10-21(11-5-1)22-16-18-23(19-17-22)26-20-27(24-12-6-2-7-13-24)29-28(26)25-14-8-3-9-15-25/h1-19,26-27H,20H2. The van der Waals surface area contributed by atoms with Crippen molar-refractivity contribution >= 4 is 5.69 Å². The van der Waals surface area contributed by atoms with Crippen molar-refractivity contribution in [2.45, 2.75) is 18.6 Å². The summed E-state index contributed by atoms with van der Waals surface area (Å²) in [6.45, 7) is 0. The zero-order valence-electron chi connectivity index (χ0n) is 16.2. The third kappa shape index (κ3) is 3.67. The van der Waals surface area contributed by atoms with Gasteiger partial charge in [-0.15, -0.1) is 0 Å². The van der Waals surface area contributed by atoms with Crippen molar-refractivity contribution < 1.29 is 4.84 Å². The molecule has 0 spiro atoms. The third-order valence-electron chi connectivity index (χ3n) is 5.55. The van der Waals surface area contributed by atoms with Crippen LogP contribution in [-0.2, 0) is 4.84 Å². The average molecular weight is 377 g/mol. The molecule has 1 aliphatic rings. The highest BCUT2D eigenvalue weighted by atomic mass is 16.7. The lowest BCUT2D eigenvalue weighted by Gasteiger charge is -2.25. The van der Waals surface area contributed by atoms with Crippen LogP contribution in [0.25, 0.3) is 11.1 Å². The fourth-order valence-electron chi connectivity index (χ4n) is 4.03. The Morgan fingerprint density at radius 2 is 1.10 bits per heavy atom. The van der Waals surface area contributed by atoms with E-state index in [1.165, 1.54) is 22.3 Å². The SMILES string of the molecule is c1ccc(-c2ccc(C3CC(c4ccccc4)ON3c3ccccc3)cc2)cc1. The van der Waals surface area contributed by atoms with E-state index < -0.39 is 0 Å². The summed E-state index contributed by atoms with van der Waals surface area (Å²) in [6, 6.07) is 40.5. The Morgan fingerprint density at radius 3 is 1.76 bits per heavy atom. The van der Waals surface area contributed by atoms with Gasteiger partial charge in [0.2, 0.25) is 0 Å². The number of hydroxylamine groups is 1. The van der Waals surface area contributed by atoms with Gasteiger partial charge in [0.05, 0.1) is 11.7 Å². The molecule has 2 unspecified atom stereocenters. The van der Waals surface area contributed by atoms with E-state index in [2.05, 4.69) is 108 Å². The molecule has 1 saturated heterocycles. The predicted octanol–water partition coefficient (Wildman–Crippen LogP) is 6.98. The molecule has 0 amide bonds. The Bertz CT molecular complexity index is 1050. The fraction of sp³-hybridized carbons (Fsp3) is 0.111. The molecule has 0 aromatic heterocycles. The number of nitrogens with zero attached hydrogens (tertiary/aromatic N) is 1. The van der Waals surface area contributed by atoms with Crippen molar-refractivity contribution in [1.29, 1.82) is 0 Å². The van der Waals surface area contributed by atoms with Crippen LogP contribution in [0.2, 0.25) is 0 Å². The first-order valence-corrected chi connectivity index (χ1v) is 10.1. The molecule has 142 valence electrons. The molecule has 4 aromatic carbocycles. The first kappa shape index (κ1) is 17.7. The molecule has 0 radical (unpaired) electrons. The van der Waals surface area contributed by atoms with E-state index in [1.807, 2.05) is 12.1 Å². The van der Waals surface area contributed by atoms with Crippen LogP contribution >= 0.6 is 0 Å². The molecule has 0 saturated carbocycles. The van der Waals surface area contributed by atoms with Crippen LogP contribution in [0.3, 0.4) is 0 Å². The molecule has 0 N–H and O–H groups in total. The molecule has 2 nitrogen and oxygen atoms in total. The topological polar surface area (TPSA) is 12.5 Å². The van der Waals surface area contributed by atoms with Crippen molar-refractivity contribution in [3.05, 3.63) is 126 Å². The molecule has 5 rings (SSSR count). The average Bonchev–Trinajstić information content (AvgIpc) is 3.27. The Balaban J connectivity index is 1.47. The summed E-state index contributed by atoms with van der Waals surface area (Å²) in [5.41, 5.74) is 6.05. The van der Waals surface area contributed by atoms with Crippen LogP contribution in [-0.4, -0.2) is 0 Å². The number of anilines is 1. The summed E-state index contributed by atoms with van der Waals surface area (Å²) >= 11 is 0. The first-order valence-electron chi connectivity index (χ1n) is 10.1. The lowest BCUT2D eigenvalue weighted by atomic mass is 9.96. The fourth-order valence-corrected chi connectivity index (χ4v) is 4.03. The van der Waals surface area contributed by atoms with Gasteiger partial charge in [0.1, 0.15) is 6.10 Å². The summed E-state index contributed by atoms with van der Waals surface area (Å²) in [4.78, 5) is 6.45. The highest BCUT2D eigenvalue weighted by Gasteiger charge is 2.35. The normalized spacial score (nSPS) is 18.7. The van der Waals surface area contributed by atoms with Crippen molar-refractivity contribution in [3.63, 3.8) is 0 Å². The van der Waals surface area contributed by atoms with Gasteiger partial charge >= 0.3 is 0 Å². The summed E-state index contributed by atoms with van der Waals surface area (Å²) in [7, 11) is 0. The Hall–Kier alpha value is -3.36. The third-order valence-corrected chi connectivity index (χ3v) is 5.55. The molecule has 1 heterocycles. The van der Waals surface area contributed by atoms with Gasteiger partial charge in [-0.3, -0.25) is 4.84 Å². The lowest BCUT2D eigenvalue weighted by Crippen LogP contribution is -2.21. The minimum atomic E-state index is 0.0511. The number of hydrogen-bond acceptors (Lipinski definition) is 2. The van der Waals surface area contributed by atoms with E-state index >= 15 is 0 Å². The molecule has 0 aliphatic carbocycles. The van der Waals surface area contributed by atoms with Gasteiger partial charge in [0, 0.05) is 6.42 Å². The first-order chi connectivity index (χ1) is 14.4. The number of rotatable bonds is 4. The predicted molar refractivity (Wildman–Crippen MR) is 118 cm³/mol. The van der Waals surface area contributed by atoms with Gasteiger partial charge in [0.15, 0.2) is 0 Å². The Kier molecular flexibility index (Phi) is 4.85.